The van der Waals surface area contributed by atoms with E-state index >= 15 is 0 Å². The molecule has 0 aliphatic heterocycles. The van der Waals surface area contributed by atoms with Crippen LogP contribution in [0.5, 0.6) is 0 Å². The molecule has 0 radical (unpaired) electrons. The summed E-state index contributed by atoms with van der Waals surface area (Å²) in [6.45, 7) is 7.06. The maximum Gasteiger partial charge on any atom is 0.239 e. The Morgan fingerprint density at radius 3 is 2.88 bits per heavy atom. The van der Waals surface area contributed by atoms with Crippen LogP contribution in [0.25, 0.3) is 11.4 Å². The van der Waals surface area contributed by atoms with Crippen LogP contribution in [0, 0.1) is 6.92 Å². The Morgan fingerprint density at radius 2 is 2.16 bits per heavy atom. The fraction of sp³-hybridized carbons (Fsp3) is 0.444. The third-order valence-electron chi connectivity index (χ3n) is 4.34. The number of benzene rings is 1. The molecule has 7 heteroatoms. The van der Waals surface area contributed by atoms with Crippen LogP contribution in [0.15, 0.2) is 33.9 Å². The van der Waals surface area contributed by atoms with E-state index in [0.29, 0.717) is 11.8 Å². The topological polar surface area (TPSA) is 69.6 Å². The molecule has 1 aliphatic carbocycles. The summed E-state index contributed by atoms with van der Waals surface area (Å²) in [5.74, 6) is 2.90. The van der Waals surface area contributed by atoms with Crippen LogP contribution in [0.3, 0.4) is 0 Å². The first-order chi connectivity index (χ1) is 12.2. The summed E-state index contributed by atoms with van der Waals surface area (Å²) < 4.78 is 7.57. The van der Waals surface area contributed by atoms with Gasteiger partial charge in [0.15, 0.2) is 16.8 Å². The highest BCUT2D eigenvalue weighted by Gasteiger charge is 2.30. The van der Waals surface area contributed by atoms with Crippen LogP contribution in [0.1, 0.15) is 55.1 Å². The molecule has 130 valence electrons. The van der Waals surface area contributed by atoms with Crippen molar-refractivity contribution in [2.75, 3.05) is 0 Å². The molecule has 25 heavy (non-hydrogen) atoms. The summed E-state index contributed by atoms with van der Waals surface area (Å²) in [7, 11) is 0. The lowest BCUT2D eigenvalue weighted by molar-refractivity contribution is 0.374. The molecular weight excluding hydrogens is 334 g/mol. The lowest BCUT2D eigenvalue weighted by atomic mass is 10.1. The molecule has 1 atom stereocenters. The quantitative estimate of drug-likeness (QED) is 0.611. The average Bonchev–Trinajstić information content (AvgIpc) is 3.19. The molecule has 0 N–H and O–H groups in total. The highest BCUT2D eigenvalue weighted by Crippen LogP contribution is 2.40. The minimum absolute atomic E-state index is 0.0415. The number of hydrogen-bond acceptors (Lipinski definition) is 6. The normalized spacial score (nSPS) is 15.5. The van der Waals surface area contributed by atoms with Gasteiger partial charge in [-0.3, -0.25) is 0 Å². The van der Waals surface area contributed by atoms with E-state index in [-0.39, 0.29) is 5.25 Å². The van der Waals surface area contributed by atoms with E-state index in [0.717, 1.165) is 28.9 Å². The van der Waals surface area contributed by atoms with E-state index in [1.165, 1.54) is 18.4 Å². The van der Waals surface area contributed by atoms with Gasteiger partial charge >= 0.3 is 0 Å². The first-order valence-corrected chi connectivity index (χ1v) is 9.54. The third-order valence-corrected chi connectivity index (χ3v) is 5.41. The standard InChI is InChI=1S/C18H21N5OS/c1-4-23-16(14-7-5-6-11(2)10-14)20-21-18(23)25-12(3)17-19-15(22-24-17)13-8-9-13/h5-7,10,12-13H,4,8-9H2,1-3H3. The van der Waals surface area contributed by atoms with E-state index in [9.17, 15) is 0 Å². The Balaban J connectivity index is 1.57. The van der Waals surface area contributed by atoms with E-state index in [1.807, 2.05) is 6.07 Å². The van der Waals surface area contributed by atoms with Crippen LogP contribution >= 0.6 is 11.8 Å². The first-order valence-electron chi connectivity index (χ1n) is 8.66. The van der Waals surface area contributed by atoms with E-state index < -0.39 is 0 Å². The molecule has 2 aromatic heterocycles. The van der Waals surface area contributed by atoms with Gasteiger partial charge in [-0.05, 0) is 39.7 Å². The third kappa shape index (κ3) is 3.33. The molecule has 0 bridgehead atoms. The molecule has 3 aromatic rings. The number of aryl methyl sites for hydroxylation is 1. The molecule has 0 saturated heterocycles. The maximum absolute atomic E-state index is 5.44. The number of thioether (sulfide) groups is 1. The van der Waals surface area contributed by atoms with Crippen molar-refractivity contribution in [3.8, 4) is 11.4 Å². The highest BCUT2D eigenvalue weighted by molar-refractivity contribution is 7.99. The fourth-order valence-corrected chi connectivity index (χ4v) is 3.73. The Labute approximate surface area is 151 Å². The van der Waals surface area contributed by atoms with Gasteiger partial charge in [0.1, 0.15) is 0 Å². The van der Waals surface area contributed by atoms with Gasteiger partial charge in [-0.2, -0.15) is 4.98 Å². The van der Waals surface area contributed by atoms with Gasteiger partial charge in [-0.15, -0.1) is 10.2 Å². The summed E-state index contributed by atoms with van der Waals surface area (Å²) in [4.78, 5) is 4.54. The van der Waals surface area contributed by atoms with Crippen molar-refractivity contribution in [2.45, 2.75) is 56.5 Å². The van der Waals surface area contributed by atoms with Gasteiger partial charge in [-0.1, -0.05) is 40.7 Å². The zero-order valence-corrected chi connectivity index (χ0v) is 15.5. The lowest BCUT2D eigenvalue weighted by Crippen LogP contribution is -2.01. The Hall–Kier alpha value is -2.15. The molecule has 1 unspecified atom stereocenters. The van der Waals surface area contributed by atoms with Crippen molar-refractivity contribution in [1.82, 2.24) is 24.9 Å². The van der Waals surface area contributed by atoms with Crippen molar-refractivity contribution < 1.29 is 4.52 Å². The minimum atomic E-state index is 0.0415. The smallest absolute Gasteiger partial charge is 0.239 e. The van der Waals surface area contributed by atoms with Crippen LogP contribution in [0.4, 0.5) is 0 Å². The van der Waals surface area contributed by atoms with E-state index in [1.54, 1.807) is 11.8 Å². The largest absolute Gasteiger partial charge is 0.338 e. The fourth-order valence-electron chi connectivity index (χ4n) is 2.79. The second-order valence-electron chi connectivity index (χ2n) is 6.45. The average molecular weight is 355 g/mol. The predicted molar refractivity (Wildman–Crippen MR) is 96.4 cm³/mol. The molecule has 2 heterocycles. The Kier molecular flexibility index (Phi) is 4.33. The summed E-state index contributed by atoms with van der Waals surface area (Å²) >= 11 is 1.61. The molecule has 6 nitrogen and oxygen atoms in total. The molecule has 0 spiro atoms. The predicted octanol–water partition coefficient (Wildman–Crippen LogP) is 4.39. The Bertz CT molecular complexity index is 883. The van der Waals surface area contributed by atoms with E-state index in [2.05, 4.69) is 63.9 Å². The molecular formula is C18H21N5OS. The van der Waals surface area contributed by atoms with Gasteiger partial charge in [0, 0.05) is 18.0 Å². The monoisotopic (exact) mass is 355 g/mol. The van der Waals surface area contributed by atoms with Crippen molar-refractivity contribution in [3.05, 3.63) is 41.5 Å². The number of rotatable bonds is 6. The number of hydrogen-bond donors (Lipinski definition) is 0. The summed E-state index contributed by atoms with van der Waals surface area (Å²) in [6, 6.07) is 8.34. The van der Waals surface area contributed by atoms with Crippen LogP contribution in [-0.2, 0) is 6.54 Å². The number of nitrogens with zero attached hydrogens (tertiary/aromatic N) is 5. The SMILES string of the molecule is CCn1c(SC(C)c2nc(C3CC3)no2)nnc1-c1cccc(C)c1. The Morgan fingerprint density at radius 1 is 1.32 bits per heavy atom. The molecule has 4 rings (SSSR count). The summed E-state index contributed by atoms with van der Waals surface area (Å²) in [5.41, 5.74) is 2.30. The van der Waals surface area contributed by atoms with Gasteiger partial charge in [-0.25, -0.2) is 0 Å². The molecule has 0 amide bonds. The highest BCUT2D eigenvalue weighted by atomic mass is 32.2. The van der Waals surface area contributed by atoms with Gasteiger partial charge in [0.25, 0.3) is 0 Å². The minimum Gasteiger partial charge on any atom is -0.338 e. The zero-order chi connectivity index (χ0) is 17.4. The number of aromatic nitrogens is 5. The van der Waals surface area contributed by atoms with Crippen LogP contribution < -0.4 is 0 Å². The zero-order valence-electron chi connectivity index (χ0n) is 14.6. The second-order valence-corrected chi connectivity index (χ2v) is 7.75. The molecule has 1 aliphatic rings. The van der Waals surface area contributed by atoms with Gasteiger partial charge < -0.3 is 9.09 Å². The lowest BCUT2D eigenvalue weighted by Gasteiger charge is -2.09. The summed E-state index contributed by atoms with van der Waals surface area (Å²) in [5, 5.41) is 13.8. The van der Waals surface area contributed by atoms with Crippen molar-refractivity contribution in [3.63, 3.8) is 0 Å². The van der Waals surface area contributed by atoms with Gasteiger partial charge in [0.2, 0.25) is 5.89 Å². The maximum atomic E-state index is 5.44. The van der Waals surface area contributed by atoms with Crippen LogP contribution in [-0.4, -0.2) is 24.9 Å². The molecule has 1 saturated carbocycles. The molecule has 1 fully saturated rings. The summed E-state index contributed by atoms with van der Waals surface area (Å²) in [6.07, 6.45) is 2.34. The second kappa shape index (κ2) is 6.63. The van der Waals surface area contributed by atoms with Crippen molar-refractivity contribution in [2.24, 2.45) is 0 Å². The van der Waals surface area contributed by atoms with Crippen molar-refractivity contribution >= 4 is 11.8 Å². The van der Waals surface area contributed by atoms with Crippen LogP contribution in [0.2, 0.25) is 0 Å². The van der Waals surface area contributed by atoms with E-state index in [4.69, 9.17) is 4.52 Å². The molecule has 1 aromatic carbocycles. The van der Waals surface area contributed by atoms with Crippen molar-refractivity contribution in [1.29, 1.82) is 0 Å². The first kappa shape index (κ1) is 16.3. The van der Waals surface area contributed by atoms with Gasteiger partial charge in [0.05, 0.1) is 5.25 Å².